The highest BCUT2D eigenvalue weighted by Gasteiger charge is 2.14. The minimum atomic E-state index is 0.332. The molecule has 1 aliphatic rings. The van der Waals surface area contributed by atoms with Gasteiger partial charge in [0.15, 0.2) is 11.5 Å². The lowest BCUT2D eigenvalue weighted by atomic mass is 10.1. The van der Waals surface area contributed by atoms with E-state index < -0.39 is 0 Å². The zero-order chi connectivity index (χ0) is 14.4. The van der Waals surface area contributed by atoms with Gasteiger partial charge in [0, 0.05) is 18.5 Å². The first-order chi connectivity index (χ1) is 9.70. The summed E-state index contributed by atoms with van der Waals surface area (Å²) in [5, 5.41) is 3.66. The Labute approximate surface area is 122 Å². The lowest BCUT2D eigenvalue weighted by molar-refractivity contribution is 0.297. The maximum Gasteiger partial charge on any atom is 0.161 e. The van der Waals surface area contributed by atoms with Crippen LogP contribution in [-0.4, -0.2) is 19.3 Å². The molecule has 3 heteroatoms. The zero-order valence-corrected chi connectivity index (χ0v) is 12.9. The number of benzene rings is 1. The van der Waals surface area contributed by atoms with Gasteiger partial charge in [0.1, 0.15) is 0 Å². The van der Waals surface area contributed by atoms with E-state index in [9.17, 15) is 0 Å². The van der Waals surface area contributed by atoms with Gasteiger partial charge in [-0.15, -0.1) is 0 Å². The Morgan fingerprint density at radius 3 is 2.65 bits per heavy atom. The molecule has 0 radical (unpaired) electrons. The minimum absolute atomic E-state index is 0.332. The van der Waals surface area contributed by atoms with Gasteiger partial charge in [-0.05, 0) is 38.0 Å². The van der Waals surface area contributed by atoms with Gasteiger partial charge < -0.3 is 14.8 Å². The Balaban J connectivity index is 1.99. The topological polar surface area (TPSA) is 30.5 Å². The van der Waals surface area contributed by atoms with E-state index in [1.54, 1.807) is 0 Å². The molecule has 0 saturated carbocycles. The first kappa shape index (κ1) is 15.2. The van der Waals surface area contributed by atoms with Crippen molar-refractivity contribution in [2.24, 2.45) is 0 Å². The van der Waals surface area contributed by atoms with Crippen LogP contribution in [0.15, 0.2) is 18.2 Å². The van der Waals surface area contributed by atoms with Crippen LogP contribution in [0.2, 0.25) is 0 Å². The Bertz CT molecular complexity index is 419. The molecule has 1 heterocycles. The zero-order valence-electron chi connectivity index (χ0n) is 12.9. The van der Waals surface area contributed by atoms with Gasteiger partial charge in [0.05, 0.1) is 13.2 Å². The number of rotatable bonds is 6. The summed E-state index contributed by atoms with van der Waals surface area (Å²) in [7, 11) is 0. The third kappa shape index (κ3) is 4.14. The van der Waals surface area contributed by atoms with Crippen molar-refractivity contribution in [3.05, 3.63) is 23.8 Å². The second-order valence-corrected chi connectivity index (χ2v) is 5.69. The van der Waals surface area contributed by atoms with Crippen LogP contribution < -0.4 is 14.8 Å². The van der Waals surface area contributed by atoms with E-state index in [1.165, 1.54) is 24.8 Å². The van der Waals surface area contributed by atoms with Gasteiger partial charge >= 0.3 is 0 Å². The summed E-state index contributed by atoms with van der Waals surface area (Å²) in [6, 6.07) is 7.16. The van der Waals surface area contributed by atoms with Crippen LogP contribution in [0.4, 0.5) is 0 Å². The highest BCUT2D eigenvalue weighted by molar-refractivity contribution is 5.44. The normalized spacial score (nSPS) is 17.4. The molecule has 0 aliphatic carbocycles. The molecule has 112 valence electrons. The van der Waals surface area contributed by atoms with E-state index in [2.05, 4.69) is 38.2 Å². The molecule has 20 heavy (non-hydrogen) atoms. The minimum Gasteiger partial charge on any atom is -0.490 e. The fourth-order valence-electron chi connectivity index (χ4n) is 2.57. The first-order valence-electron chi connectivity index (χ1n) is 7.86. The molecule has 0 fully saturated rings. The first-order valence-corrected chi connectivity index (χ1v) is 7.86. The van der Waals surface area contributed by atoms with Crippen molar-refractivity contribution in [1.82, 2.24) is 5.32 Å². The van der Waals surface area contributed by atoms with Gasteiger partial charge in [-0.3, -0.25) is 0 Å². The average molecular weight is 277 g/mol. The van der Waals surface area contributed by atoms with Crippen LogP contribution in [0.3, 0.4) is 0 Å². The van der Waals surface area contributed by atoms with Crippen molar-refractivity contribution < 1.29 is 9.47 Å². The second kappa shape index (κ2) is 7.53. The summed E-state index contributed by atoms with van der Waals surface area (Å²) >= 11 is 0. The summed E-state index contributed by atoms with van der Waals surface area (Å²) in [4.78, 5) is 0. The fraction of sp³-hybridized carbons (Fsp3) is 0.647. The van der Waals surface area contributed by atoms with E-state index in [1.807, 2.05) is 6.07 Å². The summed E-state index contributed by atoms with van der Waals surface area (Å²) in [5.74, 6) is 1.76. The average Bonchev–Trinajstić information content (AvgIpc) is 2.69. The van der Waals surface area contributed by atoms with Crippen LogP contribution in [0, 0.1) is 0 Å². The maximum absolute atomic E-state index is 5.76. The molecule has 2 unspecified atom stereocenters. The maximum atomic E-state index is 5.76. The quantitative estimate of drug-likeness (QED) is 0.850. The molecule has 2 rings (SSSR count). The van der Waals surface area contributed by atoms with E-state index in [0.717, 1.165) is 31.1 Å². The third-order valence-corrected chi connectivity index (χ3v) is 3.80. The SMILES string of the molecule is CCCCC(C)NC(C)c1ccc2c(c1)OCCCO2. The monoisotopic (exact) mass is 277 g/mol. The van der Waals surface area contributed by atoms with Gasteiger partial charge in [-0.1, -0.05) is 25.8 Å². The Morgan fingerprint density at radius 1 is 1.15 bits per heavy atom. The largest absolute Gasteiger partial charge is 0.490 e. The molecule has 0 aromatic heterocycles. The summed E-state index contributed by atoms with van der Waals surface area (Å²) in [6.45, 7) is 8.19. The molecule has 1 aliphatic heterocycles. The molecule has 1 N–H and O–H groups in total. The highest BCUT2D eigenvalue weighted by Crippen LogP contribution is 2.32. The molecular formula is C17H27NO2. The lowest BCUT2D eigenvalue weighted by Gasteiger charge is -2.21. The molecule has 0 spiro atoms. The molecule has 0 saturated heterocycles. The predicted octanol–water partition coefficient (Wildman–Crippen LogP) is 4.08. The Morgan fingerprint density at radius 2 is 1.90 bits per heavy atom. The van der Waals surface area contributed by atoms with Gasteiger partial charge in [-0.2, -0.15) is 0 Å². The number of nitrogens with one attached hydrogen (secondary N) is 1. The second-order valence-electron chi connectivity index (χ2n) is 5.69. The van der Waals surface area contributed by atoms with Crippen molar-refractivity contribution >= 4 is 0 Å². The van der Waals surface area contributed by atoms with Crippen molar-refractivity contribution in [1.29, 1.82) is 0 Å². The summed E-state index contributed by atoms with van der Waals surface area (Å²) in [5.41, 5.74) is 1.26. The highest BCUT2D eigenvalue weighted by atomic mass is 16.5. The van der Waals surface area contributed by atoms with Crippen LogP contribution in [-0.2, 0) is 0 Å². The molecule has 1 aromatic carbocycles. The van der Waals surface area contributed by atoms with E-state index in [-0.39, 0.29) is 0 Å². The molecule has 0 bridgehead atoms. The van der Waals surface area contributed by atoms with Crippen LogP contribution in [0.1, 0.15) is 58.1 Å². The van der Waals surface area contributed by atoms with Crippen LogP contribution in [0.25, 0.3) is 0 Å². The Hall–Kier alpha value is -1.22. The molecule has 3 nitrogen and oxygen atoms in total. The fourth-order valence-corrected chi connectivity index (χ4v) is 2.57. The Kier molecular flexibility index (Phi) is 5.72. The standard InChI is InChI=1S/C17H27NO2/c1-4-5-7-13(2)18-14(3)15-8-9-16-17(12-15)20-11-6-10-19-16/h8-9,12-14,18H,4-7,10-11H2,1-3H3. The van der Waals surface area contributed by atoms with Crippen molar-refractivity contribution in [3.8, 4) is 11.5 Å². The number of unbranched alkanes of at least 4 members (excludes halogenated alkanes) is 1. The number of hydrogen-bond donors (Lipinski definition) is 1. The third-order valence-electron chi connectivity index (χ3n) is 3.80. The molecule has 2 atom stereocenters. The smallest absolute Gasteiger partial charge is 0.161 e. The van der Waals surface area contributed by atoms with E-state index in [4.69, 9.17) is 9.47 Å². The predicted molar refractivity (Wildman–Crippen MR) is 82.6 cm³/mol. The number of ether oxygens (including phenoxy) is 2. The van der Waals surface area contributed by atoms with Crippen molar-refractivity contribution in [3.63, 3.8) is 0 Å². The van der Waals surface area contributed by atoms with Gasteiger partial charge in [-0.25, -0.2) is 0 Å². The van der Waals surface area contributed by atoms with Crippen molar-refractivity contribution in [2.75, 3.05) is 13.2 Å². The summed E-state index contributed by atoms with van der Waals surface area (Å²) in [6.07, 6.45) is 4.71. The van der Waals surface area contributed by atoms with Gasteiger partial charge in [0.2, 0.25) is 0 Å². The molecular weight excluding hydrogens is 250 g/mol. The molecule has 0 amide bonds. The van der Waals surface area contributed by atoms with E-state index in [0.29, 0.717) is 12.1 Å². The van der Waals surface area contributed by atoms with Crippen LogP contribution in [0.5, 0.6) is 11.5 Å². The van der Waals surface area contributed by atoms with E-state index >= 15 is 0 Å². The van der Waals surface area contributed by atoms with Gasteiger partial charge in [0.25, 0.3) is 0 Å². The number of fused-ring (bicyclic) bond motifs is 1. The van der Waals surface area contributed by atoms with Crippen molar-refractivity contribution in [2.45, 2.75) is 58.5 Å². The lowest BCUT2D eigenvalue weighted by Crippen LogP contribution is -2.28. The summed E-state index contributed by atoms with van der Waals surface area (Å²) < 4.78 is 11.4. The number of hydrogen-bond acceptors (Lipinski definition) is 3. The van der Waals surface area contributed by atoms with Crippen LogP contribution >= 0.6 is 0 Å². The molecule has 1 aromatic rings.